The lowest BCUT2D eigenvalue weighted by Gasteiger charge is -2.11. The van der Waals surface area contributed by atoms with Gasteiger partial charge in [0.15, 0.2) is 0 Å². The Bertz CT molecular complexity index is 1570. The quantitative estimate of drug-likeness (QED) is 0.199. The molecular formula is C28H28N4O5S2. The molecule has 0 saturated heterocycles. The number of nitrogens with one attached hydrogen (secondary N) is 3. The number of ether oxygens (including phenoxy) is 1. The van der Waals surface area contributed by atoms with Crippen LogP contribution in [0.1, 0.15) is 64.1 Å². The van der Waals surface area contributed by atoms with Crippen LogP contribution in [0.15, 0.2) is 41.0 Å². The normalized spacial score (nSPS) is 12.2. The fourth-order valence-corrected chi connectivity index (χ4v) is 6.94. The Morgan fingerprint density at radius 2 is 1.87 bits per heavy atom. The van der Waals surface area contributed by atoms with Crippen LogP contribution in [0.25, 0.3) is 0 Å². The van der Waals surface area contributed by atoms with Crippen LogP contribution >= 0.6 is 22.7 Å². The van der Waals surface area contributed by atoms with Crippen LogP contribution in [0.2, 0.25) is 0 Å². The Labute approximate surface area is 233 Å². The van der Waals surface area contributed by atoms with E-state index in [2.05, 4.69) is 16.0 Å². The minimum Gasteiger partial charge on any atom is -0.467 e. The number of amides is 2. The molecule has 39 heavy (non-hydrogen) atoms. The van der Waals surface area contributed by atoms with Crippen molar-refractivity contribution in [3.05, 3.63) is 79.9 Å². The van der Waals surface area contributed by atoms with Gasteiger partial charge in [0.2, 0.25) is 0 Å². The zero-order valence-corrected chi connectivity index (χ0v) is 23.4. The van der Waals surface area contributed by atoms with Crippen LogP contribution in [0, 0.1) is 13.8 Å². The molecule has 9 nitrogen and oxygen atoms in total. The van der Waals surface area contributed by atoms with Gasteiger partial charge < -0.3 is 30.8 Å². The molecule has 11 heteroatoms. The standard InChI is InChI=1S/C28H28N4O5S2/c1-14-9-10-18(15(2)12-14)31-27-21(24(33)30-13-16-6-5-11-37-16)22(29)23(39-27)25(34)32-26-20(28(35)36-3)17-7-4-8-19(17)38-26/h5-6,9-12,31H,4,7-8,13,29H2,1-3H3,(H,30,33)(H,32,34). The third kappa shape index (κ3) is 5.27. The van der Waals surface area contributed by atoms with E-state index < -0.39 is 17.8 Å². The Morgan fingerprint density at radius 1 is 1.05 bits per heavy atom. The Balaban J connectivity index is 1.49. The third-order valence-corrected chi connectivity index (χ3v) is 8.88. The number of anilines is 4. The lowest BCUT2D eigenvalue weighted by molar-refractivity contribution is 0.0601. The molecule has 202 valence electrons. The van der Waals surface area contributed by atoms with Crippen molar-refractivity contribution in [2.75, 3.05) is 23.5 Å². The number of thiophene rings is 2. The van der Waals surface area contributed by atoms with Gasteiger partial charge in [0.05, 0.1) is 36.7 Å². The molecule has 1 aromatic carbocycles. The zero-order chi connectivity index (χ0) is 27.7. The number of nitrogen functional groups attached to an aromatic ring is 1. The highest BCUT2D eigenvalue weighted by Gasteiger charge is 2.31. The Morgan fingerprint density at radius 3 is 2.59 bits per heavy atom. The number of aryl methyl sites for hydroxylation is 3. The van der Waals surface area contributed by atoms with E-state index in [-0.39, 0.29) is 22.7 Å². The van der Waals surface area contributed by atoms with Gasteiger partial charge in [-0.05, 0) is 62.4 Å². The summed E-state index contributed by atoms with van der Waals surface area (Å²) in [7, 11) is 1.32. The van der Waals surface area contributed by atoms with Crippen molar-refractivity contribution in [2.45, 2.75) is 39.7 Å². The van der Waals surface area contributed by atoms with E-state index in [1.54, 1.807) is 12.1 Å². The van der Waals surface area contributed by atoms with Crippen LogP contribution < -0.4 is 21.7 Å². The van der Waals surface area contributed by atoms with E-state index in [1.807, 2.05) is 32.0 Å². The molecule has 1 aliphatic carbocycles. The van der Waals surface area contributed by atoms with Crippen molar-refractivity contribution in [2.24, 2.45) is 0 Å². The number of benzene rings is 1. The number of hydrogen-bond acceptors (Lipinski definition) is 9. The van der Waals surface area contributed by atoms with E-state index >= 15 is 0 Å². The van der Waals surface area contributed by atoms with Crippen LogP contribution in [0.4, 0.5) is 21.4 Å². The molecule has 0 bridgehead atoms. The van der Waals surface area contributed by atoms with Gasteiger partial charge >= 0.3 is 5.97 Å². The second-order valence-electron chi connectivity index (χ2n) is 9.26. The molecule has 0 aliphatic heterocycles. The highest BCUT2D eigenvalue weighted by Crippen LogP contribution is 2.42. The summed E-state index contributed by atoms with van der Waals surface area (Å²) in [6.45, 7) is 4.12. The first-order chi connectivity index (χ1) is 18.8. The van der Waals surface area contributed by atoms with E-state index in [4.69, 9.17) is 14.9 Å². The van der Waals surface area contributed by atoms with Crippen molar-refractivity contribution in [3.63, 3.8) is 0 Å². The van der Waals surface area contributed by atoms with Gasteiger partial charge in [-0.1, -0.05) is 17.7 Å². The first kappa shape index (κ1) is 26.5. The maximum Gasteiger partial charge on any atom is 0.341 e. The maximum absolute atomic E-state index is 13.5. The first-order valence-corrected chi connectivity index (χ1v) is 14.0. The number of esters is 1. The van der Waals surface area contributed by atoms with Crippen LogP contribution in [-0.2, 0) is 24.1 Å². The monoisotopic (exact) mass is 564 g/mol. The molecular weight excluding hydrogens is 536 g/mol. The van der Waals surface area contributed by atoms with Crippen LogP contribution in [-0.4, -0.2) is 24.9 Å². The van der Waals surface area contributed by atoms with E-state index in [0.717, 1.165) is 57.9 Å². The second kappa shape index (κ2) is 11.0. The van der Waals surface area contributed by atoms with Gasteiger partial charge in [-0.3, -0.25) is 9.59 Å². The summed E-state index contributed by atoms with van der Waals surface area (Å²) in [5.74, 6) is -0.854. The third-order valence-electron chi connectivity index (χ3n) is 6.55. The number of carbonyl (C=O) groups excluding carboxylic acids is 3. The molecule has 2 amide bonds. The minimum atomic E-state index is -0.503. The highest BCUT2D eigenvalue weighted by atomic mass is 32.1. The van der Waals surface area contributed by atoms with E-state index in [1.165, 1.54) is 24.7 Å². The zero-order valence-electron chi connectivity index (χ0n) is 21.7. The number of nitrogens with two attached hydrogens (primary N) is 1. The van der Waals surface area contributed by atoms with Crippen molar-refractivity contribution >= 4 is 61.8 Å². The second-order valence-corrected chi connectivity index (χ2v) is 11.4. The largest absolute Gasteiger partial charge is 0.467 e. The summed E-state index contributed by atoms with van der Waals surface area (Å²) < 4.78 is 10.3. The molecule has 4 aromatic rings. The number of hydrogen-bond donors (Lipinski definition) is 4. The van der Waals surface area contributed by atoms with Gasteiger partial charge in [0.25, 0.3) is 11.8 Å². The molecule has 0 radical (unpaired) electrons. The molecule has 3 heterocycles. The molecule has 5 N–H and O–H groups in total. The first-order valence-electron chi connectivity index (χ1n) is 12.4. The van der Waals surface area contributed by atoms with Gasteiger partial charge in [0.1, 0.15) is 20.6 Å². The fraction of sp³-hybridized carbons (Fsp3) is 0.250. The smallest absolute Gasteiger partial charge is 0.341 e. The summed E-state index contributed by atoms with van der Waals surface area (Å²) >= 11 is 2.46. The van der Waals surface area contributed by atoms with E-state index in [0.29, 0.717) is 21.3 Å². The lowest BCUT2D eigenvalue weighted by Crippen LogP contribution is -2.24. The SMILES string of the molecule is COC(=O)c1c(NC(=O)c2sc(Nc3ccc(C)cc3C)c(C(=O)NCc3ccco3)c2N)sc2c1CCC2. The average Bonchev–Trinajstić information content (AvgIpc) is 3.69. The molecule has 5 rings (SSSR count). The van der Waals surface area contributed by atoms with Crippen molar-refractivity contribution < 1.29 is 23.5 Å². The highest BCUT2D eigenvalue weighted by molar-refractivity contribution is 7.20. The summed E-state index contributed by atoms with van der Waals surface area (Å²) in [6, 6.07) is 9.39. The Hall–Kier alpha value is -4.09. The van der Waals surface area contributed by atoms with Crippen molar-refractivity contribution in [1.29, 1.82) is 0 Å². The summed E-state index contributed by atoms with van der Waals surface area (Å²) in [6.07, 6.45) is 4.10. The van der Waals surface area contributed by atoms with Crippen molar-refractivity contribution in [1.82, 2.24) is 5.32 Å². The number of rotatable bonds is 8. The Kier molecular flexibility index (Phi) is 7.45. The van der Waals surface area contributed by atoms with Crippen LogP contribution in [0.5, 0.6) is 0 Å². The molecule has 0 unspecified atom stereocenters. The fourth-order valence-electron chi connectivity index (χ4n) is 4.64. The topological polar surface area (TPSA) is 136 Å². The number of fused-ring (bicyclic) bond motifs is 1. The lowest BCUT2D eigenvalue weighted by atomic mass is 10.1. The van der Waals surface area contributed by atoms with Gasteiger partial charge in [-0.25, -0.2) is 4.79 Å². The molecule has 0 spiro atoms. The van der Waals surface area contributed by atoms with Gasteiger partial charge in [0, 0.05) is 10.6 Å². The molecule has 0 saturated carbocycles. The predicted molar refractivity (Wildman–Crippen MR) is 153 cm³/mol. The average molecular weight is 565 g/mol. The number of furan rings is 1. The minimum absolute atomic E-state index is 0.0467. The maximum atomic E-state index is 13.5. The molecule has 0 atom stereocenters. The van der Waals surface area contributed by atoms with Gasteiger partial charge in [-0.15, -0.1) is 22.7 Å². The number of carbonyl (C=O) groups is 3. The summed E-state index contributed by atoms with van der Waals surface area (Å²) in [5.41, 5.74) is 10.9. The van der Waals surface area contributed by atoms with Gasteiger partial charge in [-0.2, -0.15) is 0 Å². The summed E-state index contributed by atoms with van der Waals surface area (Å²) in [4.78, 5) is 40.6. The van der Waals surface area contributed by atoms with E-state index in [9.17, 15) is 14.4 Å². The number of methoxy groups -OCH3 is 1. The summed E-state index contributed by atoms with van der Waals surface area (Å²) in [5, 5.41) is 9.84. The molecule has 3 aromatic heterocycles. The van der Waals surface area contributed by atoms with Crippen LogP contribution in [0.3, 0.4) is 0 Å². The predicted octanol–water partition coefficient (Wildman–Crippen LogP) is 5.80. The van der Waals surface area contributed by atoms with Crippen molar-refractivity contribution in [3.8, 4) is 0 Å². The molecule has 0 fully saturated rings. The molecule has 1 aliphatic rings.